The monoisotopic (exact) mass is 625 g/mol. The molecule has 5 heteroatoms. The van der Waals surface area contributed by atoms with Crippen LogP contribution in [-0.2, 0) is 0 Å². The van der Waals surface area contributed by atoms with Crippen LogP contribution in [0.3, 0.4) is 0 Å². The molecule has 5 aliphatic rings. The smallest absolute Gasteiger partial charge is 0.234 e. The van der Waals surface area contributed by atoms with Gasteiger partial charge in [0.05, 0.1) is 22.8 Å². The van der Waals surface area contributed by atoms with Crippen molar-refractivity contribution in [2.24, 2.45) is 0 Å². The lowest BCUT2D eigenvalue weighted by molar-refractivity contribution is 0.575. The Morgan fingerprint density at radius 2 is 1.60 bits per heavy atom. The van der Waals surface area contributed by atoms with Crippen LogP contribution in [0.15, 0.2) is 109 Å². The Labute approximate surface area is 281 Å². The number of rotatable bonds is 4. The van der Waals surface area contributed by atoms with E-state index in [4.69, 9.17) is 15.0 Å². The molecule has 10 rings (SSSR count). The van der Waals surface area contributed by atoms with Crippen molar-refractivity contribution in [2.45, 2.75) is 75.7 Å². The van der Waals surface area contributed by atoms with E-state index in [0.717, 1.165) is 62.5 Å². The van der Waals surface area contributed by atoms with Gasteiger partial charge in [0.15, 0.2) is 5.82 Å². The highest BCUT2D eigenvalue weighted by Gasteiger charge is 2.43. The van der Waals surface area contributed by atoms with Gasteiger partial charge in [-0.1, -0.05) is 103 Å². The van der Waals surface area contributed by atoms with E-state index in [0.29, 0.717) is 5.92 Å². The van der Waals surface area contributed by atoms with E-state index in [1.807, 2.05) is 0 Å². The number of aromatic nitrogens is 4. The molecule has 48 heavy (non-hydrogen) atoms. The molecule has 0 saturated heterocycles. The predicted octanol–water partition coefficient (Wildman–Crippen LogP) is 10.8. The van der Waals surface area contributed by atoms with Gasteiger partial charge in [0.1, 0.15) is 5.82 Å². The molecule has 5 aromatic rings. The number of para-hydroxylation sites is 1. The van der Waals surface area contributed by atoms with Crippen molar-refractivity contribution < 1.29 is 0 Å². The summed E-state index contributed by atoms with van der Waals surface area (Å²) < 4.78 is 2.61. The summed E-state index contributed by atoms with van der Waals surface area (Å²) in [7, 11) is 0. The summed E-state index contributed by atoms with van der Waals surface area (Å²) in [4.78, 5) is 18.6. The van der Waals surface area contributed by atoms with Gasteiger partial charge in [-0.25, -0.2) is 4.98 Å². The van der Waals surface area contributed by atoms with E-state index >= 15 is 0 Å². The Kier molecular flexibility index (Phi) is 6.60. The maximum absolute atomic E-state index is 5.45. The molecule has 5 nitrogen and oxygen atoms in total. The molecule has 0 bridgehead atoms. The quantitative estimate of drug-likeness (QED) is 0.186. The second-order valence-electron chi connectivity index (χ2n) is 13.9. The molecular formula is C43H39N5. The molecule has 0 fully saturated rings. The molecule has 0 saturated carbocycles. The molecule has 0 radical (unpaired) electrons. The van der Waals surface area contributed by atoms with Crippen LogP contribution in [0.25, 0.3) is 43.8 Å². The third-order valence-electron chi connectivity index (χ3n) is 11.2. The fraction of sp³-hybridized carbons (Fsp3) is 0.279. The number of benzene rings is 3. The second kappa shape index (κ2) is 11.3. The minimum atomic E-state index is 0.0698. The average Bonchev–Trinajstić information content (AvgIpc) is 3.70. The van der Waals surface area contributed by atoms with Crippen molar-refractivity contribution in [3.8, 4) is 0 Å². The average molecular weight is 626 g/mol. The van der Waals surface area contributed by atoms with Crippen LogP contribution >= 0.6 is 0 Å². The summed E-state index contributed by atoms with van der Waals surface area (Å²) in [5.41, 5.74) is 7.82. The summed E-state index contributed by atoms with van der Waals surface area (Å²) in [6, 6.07) is 18.2. The summed E-state index contributed by atoms with van der Waals surface area (Å²) in [5, 5.41) is 5.29. The van der Waals surface area contributed by atoms with Gasteiger partial charge in [-0.3, -0.25) is 0 Å². The molecule has 3 aromatic carbocycles. The molecule has 0 spiro atoms. The molecule has 3 heterocycles. The van der Waals surface area contributed by atoms with Crippen LogP contribution in [0.2, 0.25) is 0 Å². The highest BCUT2D eigenvalue weighted by molar-refractivity contribution is 6.27. The van der Waals surface area contributed by atoms with E-state index < -0.39 is 0 Å². The van der Waals surface area contributed by atoms with Crippen molar-refractivity contribution >= 4 is 55.5 Å². The minimum absolute atomic E-state index is 0.0698. The van der Waals surface area contributed by atoms with Gasteiger partial charge in [-0.2, -0.15) is 9.97 Å². The maximum atomic E-state index is 5.45. The van der Waals surface area contributed by atoms with Gasteiger partial charge in [-0.15, -0.1) is 0 Å². The normalized spacial score (nSPS) is 23.2. The Morgan fingerprint density at radius 3 is 2.44 bits per heavy atom. The standard InChI is InChI=1S/C43H39N5/c1-4-16-28(17-5-1)41-44-42(29-18-6-2-7-19-29)46-43(45-41)48-36-27-15-13-25-34(36)38-32-23-11-10-22-31(32)37-33-24-12-14-26-35(33)47(39(37)40(38)48)30-20-8-3-9-21-30/h1-2,4,6,10-16,20,22-27,29,34,36H,3,5,7-9,17-19,21H2/t29-,34?,36?/m1/s1. The highest BCUT2D eigenvalue weighted by atomic mass is 15.3. The predicted molar refractivity (Wildman–Crippen MR) is 199 cm³/mol. The van der Waals surface area contributed by atoms with Crippen molar-refractivity contribution in [3.05, 3.63) is 127 Å². The molecule has 1 aliphatic heterocycles. The molecule has 0 N–H and O–H groups in total. The lowest BCUT2D eigenvalue weighted by Crippen LogP contribution is -2.31. The first-order valence-corrected chi connectivity index (χ1v) is 17.9. The second-order valence-corrected chi connectivity index (χ2v) is 13.9. The Hall–Kier alpha value is -5.03. The van der Waals surface area contributed by atoms with Crippen LogP contribution in [0.4, 0.5) is 11.6 Å². The summed E-state index contributed by atoms with van der Waals surface area (Å²) in [6.07, 6.45) is 32.7. The number of anilines is 2. The third kappa shape index (κ3) is 4.26. The third-order valence-corrected chi connectivity index (χ3v) is 11.2. The summed E-state index contributed by atoms with van der Waals surface area (Å²) in [6.45, 7) is 0. The van der Waals surface area contributed by atoms with Crippen LogP contribution < -0.4 is 4.90 Å². The number of fused-ring (bicyclic) bond motifs is 10. The van der Waals surface area contributed by atoms with E-state index in [1.54, 1.807) is 0 Å². The summed E-state index contributed by atoms with van der Waals surface area (Å²) >= 11 is 0. The highest BCUT2D eigenvalue weighted by Crippen LogP contribution is 2.56. The fourth-order valence-corrected chi connectivity index (χ4v) is 8.95. The van der Waals surface area contributed by atoms with Gasteiger partial charge in [0.2, 0.25) is 5.95 Å². The number of nitrogens with zero attached hydrogens (tertiary/aromatic N) is 5. The lowest BCUT2D eigenvalue weighted by atomic mass is 9.87. The van der Waals surface area contributed by atoms with Gasteiger partial charge >= 0.3 is 0 Å². The topological polar surface area (TPSA) is 46.8 Å². The largest absolute Gasteiger partial charge is 0.311 e. The van der Waals surface area contributed by atoms with Crippen LogP contribution in [0.1, 0.15) is 86.8 Å². The SMILES string of the molecule is C1=CCCC(c2nc([C@@H]3CC=CCC3)nc(N3c4c(c5ccccc5c5c6ccccc6n(C6=CCCCC6)c45)C4C=CC=CC43)n2)=C1. The zero-order valence-electron chi connectivity index (χ0n) is 27.2. The van der Waals surface area contributed by atoms with Gasteiger partial charge in [-0.05, 0) is 85.8 Å². The first-order valence-electron chi connectivity index (χ1n) is 17.9. The minimum Gasteiger partial charge on any atom is -0.311 e. The summed E-state index contributed by atoms with van der Waals surface area (Å²) in [5.74, 6) is 3.03. The van der Waals surface area contributed by atoms with Crippen molar-refractivity contribution in [2.75, 3.05) is 4.90 Å². The van der Waals surface area contributed by atoms with Crippen molar-refractivity contribution in [1.29, 1.82) is 0 Å². The Balaban J connectivity index is 1.33. The zero-order valence-corrected chi connectivity index (χ0v) is 27.2. The Morgan fingerprint density at radius 1 is 0.729 bits per heavy atom. The van der Waals surface area contributed by atoms with E-state index in [-0.39, 0.29) is 12.0 Å². The fourth-order valence-electron chi connectivity index (χ4n) is 8.95. The van der Waals surface area contributed by atoms with E-state index in [1.165, 1.54) is 67.9 Å². The molecule has 236 valence electrons. The molecule has 2 unspecified atom stereocenters. The first kappa shape index (κ1) is 28.0. The van der Waals surface area contributed by atoms with Gasteiger partial charge < -0.3 is 9.47 Å². The molecule has 2 aromatic heterocycles. The lowest BCUT2D eigenvalue weighted by Gasteiger charge is -2.29. The van der Waals surface area contributed by atoms with Crippen LogP contribution in [0, 0.1) is 0 Å². The van der Waals surface area contributed by atoms with Gasteiger partial charge in [0, 0.05) is 28.3 Å². The number of hydrogen-bond donors (Lipinski definition) is 0. The Bertz CT molecular complexity index is 2310. The molecular weight excluding hydrogens is 587 g/mol. The van der Waals surface area contributed by atoms with Crippen LogP contribution in [0.5, 0.6) is 0 Å². The molecule has 0 amide bonds. The maximum Gasteiger partial charge on any atom is 0.234 e. The van der Waals surface area contributed by atoms with Crippen molar-refractivity contribution in [3.63, 3.8) is 0 Å². The zero-order chi connectivity index (χ0) is 31.6. The van der Waals surface area contributed by atoms with Crippen molar-refractivity contribution in [1.82, 2.24) is 19.5 Å². The number of hydrogen-bond acceptors (Lipinski definition) is 4. The number of allylic oxidation sites excluding steroid dienone is 10. The van der Waals surface area contributed by atoms with Gasteiger partial charge in [0.25, 0.3) is 0 Å². The molecule has 4 aliphatic carbocycles. The first-order chi connectivity index (χ1) is 23.8. The van der Waals surface area contributed by atoms with E-state index in [2.05, 4.69) is 119 Å². The van der Waals surface area contributed by atoms with E-state index in [9.17, 15) is 0 Å². The van der Waals surface area contributed by atoms with Crippen LogP contribution in [-0.4, -0.2) is 25.6 Å². The molecule has 3 atom stereocenters.